The van der Waals surface area contributed by atoms with E-state index in [1.54, 1.807) is 0 Å². The van der Waals surface area contributed by atoms with Crippen LogP contribution in [0.5, 0.6) is 0 Å². The fourth-order valence-electron chi connectivity index (χ4n) is 2.17. The second-order valence-corrected chi connectivity index (χ2v) is 9.14. The first kappa shape index (κ1) is 15.4. The third kappa shape index (κ3) is 4.84. The zero-order valence-electron chi connectivity index (χ0n) is 10.9. The van der Waals surface area contributed by atoms with Gasteiger partial charge in [-0.3, -0.25) is 0 Å². The van der Waals surface area contributed by atoms with Crippen LogP contribution in [0.1, 0.15) is 18.5 Å². The summed E-state index contributed by atoms with van der Waals surface area (Å²) in [5, 5.41) is 9.91. The van der Waals surface area contributed by atoms with Gasteiger partial charge in [0.2, 0.25) is 10.0 Å². The maximum absolute atomic E-state index is 11.8. The Bertz CT molecular complexity index is 624. The Hall–Kier alpha value is -1.00. The number of rotatable bonds is 7. The first-order valence-electron chi connectivity index (χ1n) is 6.39. The lowest BCUT2D eigenvalue weighted by Gasteiger charge is -2.09. The molecule has 0 spiro atoms. The number of nitrogens with zero attached hydrogens (tertiary/aromatic N) is 2. The number of aromatic amines is 1. The molecule has 1 saturated heterocycles. The summed E-state index contributed by atoms with van der Waals surface area (Å²) in [5.74, 6) is 0.220. The zero-order valence-corrected chi connectivity index (χ0v) is 12.6. The third-order valence-corrected chi connectivity index (χ3v) is 6.54. The van der Waals surface area contributed by atoms with Crippen LogP contribution in [0.3, 0.4) is 0 Å². The number of H-pyrrole nitrogens is 1. The van der Waals surface area contributed by atoms with E-state index in [0.29, 0.717) is 25.0 Å². The molecule has 10 heteroatoms. The molecule has 0 bridgehead atoms. The molecule has 0 aromatic carbocycles. The van der Waals surface area contributed by atoms with E-state index >= 15 is 0 Å². The number of hydrogen-bond acceptors (Lipinski definition) is 6. The molecule has 0 aliphatic carbocycles. The van der Waals surface area contributed by atoms with Gasteiger partial charge in [-0.25, -0.2) is 21.6 Å². The minimum Gasteiger partial charge on any atom is -0.229 e. The van der Waals surface area contributed by atoms with Crippen molar-refractivity contribution in [2.75, 3.05) is 23.8 Å². The molecule has 1 aromatic rings. The van der Waals surface area contributed by atoms with Gasteiger partial charge in [0.25, 0.3) is 0 Å². The fourth-order valence-corrected chi connectivity index (χ4v) is 5.29. The predicted molar refractivity (Wildman–Crippen MR) is 73.3 cm³/mol. The van der Waals surface area contributed by atoms with Crippen LogP contribution < -0.4 is 4.72 Å². The number of hydrogen-bond donors (Lipinski definition) is 2. The molecular formula is C10H18N4O4S2. The van der Waals surface area contributed by atoms with Crippen molar-refractivity contribution in [1.82, 2.24) is 20.1 Å². The van der Waals surface area contributed by atoms with Crippen molar-refractivity contribution in [3.63, 3.8) is 0 Å². The molecule has 20 heavy (non-hydrogen) atoms. The van der Waals surface area contributed by atoms with Gasteiger partial charge in [0.1, 0.15) is 0 Å². The predicted octanol–water partition coefficient (Wildman–Crippen LogP) is -0.909. The van der Waals surface area contributed by atoms with E-state index in [-0.39, 0.29) is 29.7 Å². The molecule has 1 aromatic heterocycles. The Morgan fingerprint density at radius 1 is 1.45 bits per heavy atom. The van der Waals surface area contributed by atoms with Crippen LogP contribution in [0.25, 0.3) is 0 Å². The average molecular weight is 322 g/mol. The lowest BCUT2D eigenvalue weighted by Crippen LogP contribution is -2.29. The van der Waals surface area contributed by atoms with Crippen LogP contribution in [0, 0.1) is 5.92 Å². The van der Waals surface area contributed by atoms with Gasteiger partial charge in [0, 0.05) is 13.0 Å². The van der Waals surface area contributed by atoms with Crippen LogP contribution in [0.4, 0.5) is 0 Å². The fraction of sp³-hybridized carbons (Fsp3) is 0.800. The van der Waals surface area contributed by atoms with Crippen LogP contribution in [0.2, 0.25) is 0 Å². The summed E-state index contributed by atoms with van der Waals surface area (Å²) in [6.07, 6.45) is 2.96. The highest BCUT2D eigenvalue weighted by molar-refractivity contribution is 7.91. The van der Waals surface area contributed by atoms with Gasteiger partial charge in [-0.2, -0.15) is 15.4 Å². The van der Waals surface area contributed by atoms with Gasteiger partial charge in [0.05, 0.1) is 29.1 Å². The maximum Gasteiger partial charge on any atom is 0.211 e. The molecule has 8 nitrogen and oxygen atoms in total. The lowest BCUT2D eigenvalue weighted by atomic mass is 10.1. The van der Waals surface area contributed by atoms with E-state index in [9.17, 15) is 16.8 Å². The van der Waals surface area contributed by atoms with E-state index < -0.39 is 19.9 Å². The summed E-state index contributed by atoms with van der Waals surface area (Å²) in [5.41, 5.74) is 0.689. The first-order valence-corrected chi connectivity index (χ1v) is 9.86. The van der Waals surface area contributed by atoms with Crippen molar-refractivity contribution in [3.05, 3.63) is 11.9 Å². The van der Waals surface area contributed by atoms with E-state index in [1.165, 1.54) is 6.20 Å². The van der Waals surface area contributed by atoms with E-state index in [0.717, 1.165) is 0 Å². The highest BCUT2D eigenvalue weighted by atomic mass is 32.2. The minimum absolute atomic E-state index is 0.0351. The van der Waals surface area contributed by atoms with Gasteiger partial charge < -0.3 is 0 Å². The molecule has 0 amide bonds. The molecular weight excluding hydrogens is 304 g/mol. The van der Waals surface area contributed by atoms with Gasteiger partial charge in [-0.15, -0.1) is 0 Å². The van der Waals surface area contributed by atoms with Crippen molar-refractivity contribution in [2.24, 2.45) is 5.92 Å². The molecule has 2 rings (SSSR count). The Kier molecular flexibility index (Phi) is 4.76. The van der Waals surface area contributed by atoms with E-state index in [1.807, 2.05) is 0 Å². The van der Waals surface area contributed by atoms with Crippen molar-refractivity contribution in [3.8, 4) is 0 Å². The number of nitrogens with one attached hydrogen (secondary N) is 2. The topological polar surface area (TPSA) is 122 Å². The molecule has 1 unspecified atom stereocenters. The Morgan fingerprint density at radius 3 is 2.85 bits per heavy atom. The monoisotopic (exact) mass is 322 g/mol. The summed E-state index contributed by atoms with van der Waals surface area (Å²) in [7, 11) is -6.31. The summed E-state index contributed by atoms with van der Waals surface area (Å²) >= 11 is 0. The van der Waals surface area contributed by atoms with Gasteiger partial charge in [-0.1, -0.05) is 0 Å². The van der Waals surface area contributed by atoms with Crippen molar-refractivity contribution in [1.29, 1.82) is 0 Å². The number of sulfone groups is 1. The maximum atomic E-state index is 11.8. The average Bonchev–Trinajstić information content (AvgIpc) is 2.96. The SMILES string of the molecule is O=S1(=O)CCC(CCS(=O)(=O)NCCc2cn[nH]n2)C1. The van der Waals surface area contributed by atoms with E-state index in [2.05, 4.69) is 20.1 Å². The zero-order chi connectivity index (χ0) is 14.6. The van der Waals surface area contributed by atoms with Crippen LogP contribution in [-0.4, -0.2) is 56.0 Å². The van der Waals surface area contributed by atoms with E-state index in [4.69, 9.17) is 0 Å². The van der Waals surface area contributed by atoms with Crippen molar-refractivity contribution in [2.45, 2.75) is 19.3 Å². The molecule has 2 heterocycles. The second-order valence-electron chi connectivity index (χ2n) is 4.98. The van der Waals surface area contributed by atoms with Crippen molar-refractivity contribution < 1.29 is 16.8 Å². The summed E-state index contributed by atoms with van der Waals surface area (Å²) < 4.78 is 48.6. The highest BCUT2D eigenvalue weighted by Crippen LogP contribution is 2.21. The Morgan fingerprint density at radius 2 is 2.25 bits per heavy atom. The molecule has 114 valence electrons. The molecule has 2 N–H and O–H groups in total. The summed E-state index contributed by atoms with van der Waals surface area (Å²) in [4.78, 5) is 0. The second kappa shape index (κ2) is 6.19. The van der Waals surface area contributed by atoms with Gasteiger partial charge >= 0.3 is 0 Å². The number of sulfonamides is 1. The number of aromatic nitrogens is 3. The first-order chi connectivity index (χ1) is 9.36. The molecule has 1 aliphatic rings. The molecule has 1 fully saturated rings. The molecule has 0 radical (unpaired) electrons. The van der Waals surface area contributed by atoms with Crippen molar-refractivity contribution >= 4 is 19.9 Å². The Balaban J connectivity index is 1.71. The van der Waals surface area contributed by atoms with Gasteiger partial charge in [0.15, 0.2) is 9.84 Å². The van der Waals surface area contributed by atoms with Crippen LogP contribution in [0.15, 0.2) is 6.20 Å². The smallest absolute Gasteiger partial charge is 0.211 e. The third-order valence-electron chi connectivity index (χ3n) is 3.29. The lowest BCUT2D eigenvalue weighted by molar-refractivity contribution is 0.544. The largest absolute Gasteiger partial charge is 0.229 e. The normalized spacial score (nSPS) is 22.1. The molecule has 1 atom stereocenters. The molecule has 1 aliphatic heterocycles. The summed E-state index contributed by atoms with van der Waals surface area (Å²) in [6.45, 7) is 0.262. The van der Waals surface area contributed by atoms with Crippen LogP contribution >= 0.6 is 0 Å². The van der Waals surface area contributed by atoms with Crippen LogP contribution in [-0.2, 0) is 26.3 Å². The highest BCUT2D eigenvalue weighted by Gasteiger charge is 2.28. The van der Waals surface area contributed by atoms with Gasteiger partial charge in [-0.05, 0) is 18.8 Å². The quantitative estimate of drug-likeness (QED) is 0.670. The minimum atomic E-state index is -3.36. The molecule has 0 saturated carbocycles. The standard InChI is InChI=1S/C10H18N4O4S2/c15-19(16)5-2-9(8-19)3-6-20(17,18)12-4-1-10-7-11-14-13-10/h7,9,12H,1-6,8H2,(H,11,13,14). The Labute approximate surface area is 118 Å². The summed E-state index contributed by atoms with van der Waals surface area (Å²) in [6, 6.07) is 0.